The lowest BCUT2D eigenvalue weighted by atomic mass is 10.1. The molecule has 0 aliphatic heterocycles. The molecule has 24 heavy (non-hydrogen) atoms. The average molecular weight is 327 g/mol. The van der Waals surface area contributed by atoms with Gasteiger partial charge in [0, 0.05) is 23.7 Å². The summed E-state index contributed by atoms with van der Waals surface area (Å²) in [5.74, 6) is 1.51. The quantitative estimate of drug-likeness (QED) is 0.759. The van der Waals surface area contributed by atoms with Crippen LogP contribution in [0.15, 0.2) is 36.4 Å². The Morgan fingerprint density at radius 2 is 1.75 bits per heavy atom. The highest BCUT2D eigenvalue weighted by Crippen LogP contribution is 2.22. The number of anilines is 2. The van der Waals surface area contributed by atoms with Crippen LogP contribution in [-0.2, 0) is 0 Å². The van der Waals surface area contributed by atoms with Gasteiger partial charge in [0.25, 0.3) is 0 Å². The summed E-state index contributed by atoms with van der Waals surface area (Å²) in [6.07, 6.45) is 1.07. The van der Waals surface area contributed by atoms with E-state index in [4.69, 9.17) is 0 Å². The molecule has 0 radical (unpaired) electrons. The van der Waals surface area contributed by atoms with Crippen LogP contribution in [0.2, 0.25) is 0 Å². The van der Waals surface area contributed by atoms with Gasteiger partial charge in [-0.25, -0.2) is 4.98 Å². The number of hydrogen-bond acceptors (Lipinski definition) is 5. The van der Waals surface area contributed by atoms with Gasteiger partial charge in [-0.05, 0) is 47.8 Å². The fourth-order valence-corrected chi connectivity index (χ4v) is 2.30. The van der Waals surface area contributed by atoms with Crippen LogP contribution in [0.25, 0.3) is 11.3 Å². The van der Waals surface area contributed by atoms with Gasteiger partial charge in [0.1, 0.15) is 5.82 Å². The third-order valence-electron chi connectivity index (χ3n) is 3.37. The van der Waals surface area contributed by atoms with E-state index in [-0.39, 0.29) is 5.54 Å². The van der Waals surface area contributed by atoms with Crippen molar-refractivity contribution in [1.82, 2.24) is 14.9 Å². The monoisotopic (exact) mass is 327 g/mol. The Morgan fingerprint density at radius 1 is 1.04 bits per heavy atom. The molecule has 5 nitrogen and oxygen atoms in total. The molecule has 2 aromatic rings. The second kappa shape index (κ2) is 8.11. The maximum atomic E-state index is 4.68. The molecule has 0 fully saturated rings. The van der Waals surface area contributed by atoms with Gasteiger partial charge in [-0.15, -0.1) is 0 Å². The van der Waals surface area contributed by atoms with E-state index < -0.39 is 0 Å². The highest BCUT2D eigenvalue weighted by atomic mass is 15.2. The first-order valence-corrected chi connectivity index (χ1v) is 8.45. The van der Waals surface area contributed by atoms with Crippen LogP contribution < -0.4 is 10.6 Å². The zero-order valence-corrected chi connectivity index (χ0v) is 15.4. The zero-order valence-electron chi connectivity index (χ0n) is 15.4. The summed E-state index contributed by atoms with van der Waals surface area (Å²) in [6, 6.07) is 12.2. The summed E-state index contributed by atoms with van der Waals surface area (Å²) in [4.78, 5) is 11.5. The Morgan fingerprint density at radius 3 is 2.38 bits per heavy atom. The summed E-state index contributed by atoms with van der Waals surface area (Å²) >= 11 is 0. The van der Waals surface area contributed by atoms with Crippen molar-refractivity contribution in [2.24, 2.45) is 0 Å². The molecule has 0 atom stereocenters. The number of hydrogen-bond donors (Lipinski definition) is 2. The molecule has 0 amide bonds. The maximum absolute atomic E-state index is 4.68. The van der Waals surface area contributed by atoms with Crippen molar-refractivity contribution in [2.45, 2.75) is 32.7 Å². The van der Waals surface area contributed by atoms with Crippen LogP contribution in [0.4, 0.5) is 11.8 Å². The fraction of sp³-hybridized carbons (Fsp3) is 0.474. The van der Waals surface area contributed by atoms with Crippen molar-refractivity contribution in [1.29, 1.82) is 0 Å². The van der Waals surface area contributed by atoms with Crippen LogP contribution in [0.3, 0.4) is 0 Å². The Labute approximate surface area is 145 Å². The molecule has 2 N–H and O–H groups in total. The topological polar surface area (TPSA) is 53.1 Å². The third-order valence-corrected chi connectivity index (χ3v) is 3.37. The Kier molecular flexibility index (Phi) is 6.15. The standard InChI is InChI=1S/C19H29N5/c1-19(2,3)23-18-21-16(15-10-7-6-8-11-15)14-17(22-18)20-12-9-13-24(4)5/h6-8,10-11,14H,9,12-13H2,1-5H3,(H2,20,21,22,23). The number of aromatic nitrogens is 2. The fourth-order valence-electron chi connectivity index (χ4n) is 2.30. The highest BCUT2D eigenvalue weighted by molar-refractivity contribution is 5.64. The summed E-state index contributed by atoms with van der Waals surface area (Å²) in [7, 11) is 4.17. The number of benzene rings is 1. The Hall–Kier alpha value is -2.14. The lowest BCUT2D eigenvalue weighted by Crippen LogP contribution is -2.27. The van der Waals surface area contributed by atoms with Gasteiger partial charge in [-0.2, -0.15) is 4.98 Å². The summed E-state index contributed by atoms with van der Waals surface area (Å²) in [6.45, 7) is 8.26. The number of nitrogens with one attached hydrogen (secondary N) is 2. The summed E-state index contributed by atoms with van der Waals surface area (Å²) < 4.78 is 0. The molecule has 5 heteroatoms. The first kappa shape index (κ1) is 18.2. The average Bonchev–Trinajstić information content (AvgIpc) is 2.50. The molecule has 0 saturated carbocycles. The molecule has 0 unspecified atom stereocenters. The molecule has 0 spiro atoms. The minimum absolute atomic E-state index is 0.0858. The largest absolute Gasteiger partial charge is 0.370 e. The van der Waals surface area contributed by atoms with Gasteiger partial charge in [0.2, 0.25) is 5.95 Å². The van der Waals surface area contributed by atoms with E-state index in [0.717, 1.165) is 36.6 Å². The lowest BCUT2D eigenvalue weighted by Gasteiger charge is -2.21. The zero-order chi connectivity index (χ0) is 17.6. The second-order valence-corrected chi connectivity index (χ2v) is 7.29. The van der Waals surface area contributed by atoms with Gasteiger partial charge >= 0.3 is 0 Å². The minimum atomic E-state index is -0.0858. The predicted molar refractivity (Wildman–Crippen MR) is 103 cm³/mol. The van der Waals surface area contributed by atoms with Crippen LogP contribution >= 0.6 is 0 Å². The van der Waals surface area contributed by atoms with Crippen LogP contribution in [0, 0.1) is 0 Å². The Bertz CT molecular complexity index is 632. The SMILES string of the molecule is CN(C)CCCNc1cc(-c2ccccc2)nc(NC(C)(C)C)n1. The molecule has 1 aromatic carbocycles. The molecule has 0 bridgehead atoms. The van der Waals surface area contributed by atoms with Crippen molar-refractivity contribution in [3.05, 3.63) is 36.4 Å². The van der Waals surface area contributed by atoms with E-state index in [1.54, 1.807) is 0 Å². The molecule has 1 aromatic heterocycles. The predicted octanol–water partition coefficient (Wildman–Crippen LogP) is 3.72. The van der Waals surface area contributed by atoms with E-state index in [1.807, 2.05) is 24.3 Å². The minimum Gasteiger partial charge on any atom is -0.370 e. The summed E-state index contributed by atoms with van der Waals surface area (Å²) in [5.41, 5.74) is 1.93. The number of nitrogens with zero attached hydrogens (tertiary/aromatic N) is 3. The van der Waals surface area contributed by atoms with Crippen LogP contribution in [0.1, 0.15) is 27.2 Å². The van der Waals surface area contributed by atoms with Crippen molar-refractivity contribution in [3.8, 4) is 11.3 Å². The lowest BCUT2D eigenvalue weighted by molar-refractivity contribution is 0.405. The first-order valence-electron chi connectivity index (χ1n) is 8.45. The van der Waals surface area contributed by atoms with E-state index >= 15 is 0 Å². The van der Waals surface area contributed by atoms with Gasteiger partial charge in [0.15, 0.2) is 0 Å². The van der Waals surface area contributed by atoms with E-state index in [1.165, 1.54) is 0 Å². The molecule has 130 valence electrons. The highest BCUT2D eigenvalue weighted by Gasteiger charge is 2.13. The normalized spacial score (nSPS) is 11.6. The molecule has 0 saturated heterocycles. The molecule has 0 aliphatic rings. The smallest absolute Gasteiger partial charge is 0.225 e. The van der Waals surface area contributed by atoms with Crippen LogP contribution in [0.5, 0.6) is 0 Å². The van der Waals surface area contributed by atoms with E-state index in [2.05, 4.69) is 72.5 Å². The molecular formula is C19H29N5. The van der Waals surface area contributed by atoms with Gasteiger partial charge in [-0.3, -0.25) is 0 Å². The van der Waals surface area contributed by atoms with Gasteiger partial charge < -0.3 is 15.5 Å². The van der Waals surface area contributed by atoms with Gasteiger partial charge in [0.05, 0.1) is 5.69 Å². The van der Waals surface area contributed by atoms with Crippen molar-refractivity contribution in [2.75, 3.05) is 37.8 Å². The number of rotatable bonds is 7. The molecule has 2 rings (SSSR count). The van der Waals surface area contributed by atoms with Crippen molar-refractivity contribution in [3.63, 3.8) is 0 Å². The molecular weight excluding hydrogens is 298 g/mol. The summed E-state index contributed by atoms with van der Waals surface area (Å²) in [5, 5.41) is 6.79. The maximum Gasteiger partial charge on any atom is 0.225 e. The van der Waals surface area contributed by atoms with Crippen molar-refractivity contribution < 1.29 is 0 Å². The van der Waals surface area contributed by atoms with E-state index in [0.29, 0.717) is 5.95 Å². The molecule has 0 aliphatic carbocycles. The first-order chi connectivity index (χ1) is 11.3. The molecule has 1 heterocycles. The van der Waals surface area contributed by atoms with Gasteiger partial charge in [-0.1, -0.05) is 30.3 Å². The third kappa shape index (κ3) is 6.16. The van der Waals surface area contributed by atoms with Crippen LogP contribution in [-0.4, -0.2) is 47.6 Å². The van der Waals surface area contributed by atoms with E-state index in [9.17, 15) is 0 Å². The van der Waals surface area contributed by atoms with Crippen molar-refractivity contribution >= 4 is 11.8 Å². The second-order valence-electron chi connectivity index (χ2n) is 7.29. The Balaban J connectivity index is 2.20.